The van der Waals surface area contributed by atoms with Crippen LogP contribution in [-0.2, 0) is 5.54 Å². The molecule has 2 N–H and O–H groups in total. The summed E-state index contributed by atoms with van der Waals surface area (Å²) in [7, 11) is 0. The van der Waals surface area contributed by atoms with E-state index in [4.69, 9.17) is 5.73 Å². The van der Waals surface area contributed by atoms with Gasteiger partial charge >= 0.3 is 0 Å². The van der Waals surface area contributed by atoms with E-state index in [1.54, 1.807) is 0 Å². The van der Waals surface area contributed by atoms with Crippen LogP contribution in [0.4, 0.5) is 0 Å². The molecule has 5 heteroatoms. The van der Waals surface area contributed by atoms with E-state index in [2.05, 4.69) is 15.2 Å². The third kappa shape index (κ3) is 1.57. The minimum Gasteiger partial charge on any atom is -0.319 e. The molecular formula is C11H17N5. The number of rotatable bonds is 2. The second kappa shape index (κ2) is 3.52. The van der Waals surface area contributed by atoms with Crippen LogP contribution < -0.4 is 5.73 Å². The number of aromatic nitrogens is 4. The Bertz CT molecular complexity index is 526. The number of nitrogens with two attached hydrogens (primary N) is 1. The van der Waals surface area contributed by atoms with E-state index in [1.165, 1.54) is 0 Å². The van der Waals surface area contributed by atoms with Crippen LogP contribution in [0.25, 0.3) is 5.65 Å². The molecule has 1 atom stereocenters. The Hall–Kier alpha value is -1.49. The molecule has 0 aliphatic heterocycles. The van der Waals surface area contributed by atoms with Crippen LogP contribution in [-0.4, -0.2) is 19.6 Å². The summed E-state index contributed by atoms with van der Waals surface area (Å²) >= 11 is 0. The van der Waals surface area contributed by atoms with Gasteiger partial charge < -0.3 is 5.73 Å². The fourth-order valence-electron chi connectivity index (χ4n) is 1.76. The highest BCUT2D eigenvalue weighted by molar-refractivity contribution is 5.40. The van der Waals surface area contributed by atoms with Crippen molar-refractivity contribution in [3.63, 3.8) is 0 Å². The van der Waals surface area contributed by atoms with Gasteiger partial charge in [-0.05, 0) is 27.2 Å². The average Bonchev–Trinajstić information content (AvgIpc) is 2.62. The van der Waals surface area contributed by atoms with Gasteiger partial charge in [0.25, 0.3) is 0 Å². The Balaban J connectivity index is 2.74. The zero-order valence-electron chi connectivity index (χ0n) is 10.2. The second-order valence-electron chi connectivity index (χ2n) is 4.43. The van der Waals surface area contributed by atoms with Crippen molar-refractivity contribution in [3.8, 4) is 0 Å². The van der Waals surface area contributed by atoms with Gasteiger partial charge in [0.05, 0.1) is 5.54 Å². The molecule has 2 rings (SSSR count). The quantitative estimate of drug-likeness (QED) is 0.827. The van der Waals surface area contributed by atoms with Gasteiger partial charge in [-0.1, -0.05) is 6.92 Å². The molecule has 2 aromatic rings. The van der Waals surface area contributed by atoms with Crippen molar-refractivity contribution in [2.45, 2.75) is 39.7 Å². The molecule has 16 heavy (non-hydrogen) atoms. The first-order valence-corrected chi connectivity index (χ1v) is 5.44. The lowest BCUT2D eigenvalue weighted by Crippen LogP contribution is -2.34. The van der Waals surface area contributed by atoms with E-state index in [0.29, 0.717) is 0 Å². The largest absolute Gasteiger partial charge is 0.319 e. The van der Waals surface area contributed by atoms with Gasteiger partial charge in [-0.25, -0.2) is 4.98 Å². The summed E-state index contributed by atoms with van der Waals surface area (Å²) in [4.78, 5) is 4.41. The van der Waals surface area contributed by atoms with Crippen LogP contribution in [0.15, 0.2) is 6.07 Å². The number of aryl methyl sites for hydroxylation is 2. The van der Waals surface area contributed by atoms with Gasteiger partial charge in [-0.3, -0.25) is 4.40 Å². The van der Waals surface area contributed by atoms with Crippen molar-refractivity contribution in [3.05, 3.63) is 23.4 Å². The standard InChI is InChI=1S/C11H17N5/c1-5-11(4,12)10-15-14-9-6-7(2)13-8(3)16(9)10/h6H,5,12H2,1-4H3. The van der Waals surface area contributed by atoms with E-state index < -0.39 is 5.54 Å². The van der Waals surface area contributed by atoms with Gasteiger partial charge in [-0.2, -0.15) is 0 Å². The molecule has 0 fully saturated rings. The van der Waals surface area contributed by atoms with E-state index in [-0.39, 0.29) is 0 Å². The molecule has 0 bridgehead atoms. The smallest absolute Gasteiger partial charge is 0.164 e. The number of fused-ring (bicyclic) bond motifs is 1. The lowest BCUT2D eigenvalue weighted by Gasteiger charge is -2.20. The number of nitrogens with zero attached hydrogens (tertiary/aromatic N) is 4. The van der Waals surface area contributed by atoms with Crippen LogP contribution in [0, 0.1) is 13.8 Å². The molecule has 0 saturated carbocycles. The lowest BCUT2D eigenvalue weighted by molar-refractivity contribution is 0.439. The van der Waals surface area contributed by atoms with E-state index in [1.807, 2.05) is 38.2 Å². The minimum atomic E-state index is -0.471. The van der Waals surface area contributed by atoms with E-state index in [9.17, 15) is 0 Å². The molecule has 5 nitrogen and oxygen atoms in total. The molecule has 0 aromatic carbocycles. The number of hydrogen-bond donors (Lipinski definition) is 1. The van der Waals surface area contributed by atoms with Crippen molar-refractivity contribution in [2.75, 3.05) is 0 Å². The molecule has 86 valence electrons. The molecular weight excluding hydrogens is 202 g/mol. The molecule has 0 spiro atoms. The molecule has 0 radical (unpaired) electrons. The van der Waals surface area contributed by atoms with Crippen LogP contribution in [0.5, 0.6) is 0 Å². The molecule has 1 unspecified atom stereocenters. The molecule has 2 heterocycles. The molecule has 0 amide bonds. The van der Waals surface area contributed by atoms with E-state index in [0.717, 1.165) is 29.4 Å². The average molecular weight is 219 g/mol. The summed E-state index contributed by atoms with van der Waals surface area (Å²) in [6.07, 6.45) is 0.807. The first-order valence-electron chi connectivity index (χ1n) is 5.44. The van der Waals surface area contributed by atoms with Crippen molar-refractivity contribution < 1.29 is 0 Å². The predicted molar refractivity (Wildman–Crippen MR) is 62.1 cm³/mol. The maximum atomic E-state index is 6.20. The summed E-state index contributed by atoms with van der Waals surface area (Å²) in [5, 5.41) is 8.34. The van der Waals surface area contributed by atoms with Crippen LogP contribution >= 0.6 is 0 Å². The third-order valence-electron chi connectivity index (χ3n) is 2.93. The monoisotopic (exact) mass is 219 g/mol. The van der Waals surface area contributed by atoms with Crippen LogP contribution in [0.3, 0.4) is 0 Å². The molecule has 2 aromatic heterocycles. The Labute approximate surface area is 94.7 Å². The van der Waals surface area contributed by atoms with Crippen molar-refractivity contribution in [1.29, 1.82) is 0 Å². The Morgan fingerprint density at radius 2 is 2.06 bits per heavy atom. The van der Waals surface area contributed by atoms with Gasteiger partial charge in [0.2, 0.25) is 0 Å². The SMILES string of the molecule is CCC(C)(N)c1nnc2cc(C)nc(C)n12. The third-order valence-corrected chi connectivity index (χ3v) is 2.93. The Morgan fingerprint density at radius 3 is 2.69 bits per heavy atom. The maximum absolute atomic E-state index is 6.20. The minimum absolute atomic E-state index is 0.471. The van der Waals surface area contributed by atoms with Crippen molar-refractivity contribution in [1.82, 2.24) is 19.6 Å². The fourth-order valence-corrected chi connectivity index (χ4v) is 1.76. The second-order valence-corrected chi connectivity index (χ2v) is 4.43. The molecule has 0 aliphatic carbocycles. The van der Waals surface area contributed by atoms with Gasteiger partial charge in [0.15, 0.2) is 11.5 Å². The lowest BCUT2D eigenvalue weighted by atomic mass is 10.00. The fraction of sp³-hybridized carbons (Fsp3) is 0.545. The van der Waals surface area contributed by atoms with Crippen molar-refractivity contribution in [2.24, 2.45) is 5.73 Å². The normalized spacial score (nSPS) is 15.3. The van der Waals surface area contributed by atoms with Gasteiger partial charge in [-0.15, -0.1) is 10.2 Å². The van der Waals surface area contributed by atoms with Gasteiger partial charge in [0.1, 0.15) is 5.82 Å². The zero-order valence-corrected chi connectivity index (χ0v) is 10.2. The zero-order chi connectivity index (χ0) is 11.9. The summed E-state index contributed by atoms with van der Waals surface area (Å²) in [5.41, 5.74) is 7.49. The summed E-state index contributed by atoms with van der Waals surface area (Å²) in [6.45, 7) is 7.89. The Kier molecular flexibility index (Phi) is 2.42. The summed E-state index contributed by atoms with van der Waals surface area (Å²) in [5.74, 6) is 1.65. The van der Waals surface area contributed by atoms with Crippen molar-refractivity contribution >= 4 is 5.65 Å². The topological polar surface area (TPSA) is 69.1 Å². The van der Waals surface area contributed by atoms with Crippen LogP contribution in [0.2, 0.25) is 0 Å². The molecule has 0 aliphatic rings. The first-order chi connectivity index (χ1) is 7.45. The molecule has 0 saturated heterocycles. The summed E-state index contributed by atoms with van der Waals surface area (Å²) in [6, 6.07) is 1.91. The van der Waals surface area contributed by atoms with Gasteiger partial charge in [0, 0.05) is 11.8 Å². The van der Waals surface area contributed by atoms with E-state index >= 15 is 0 Å². The number of hydrogen-bond acceptors (Lipinski definition) is 4. The first kappa shape index (κ1) is 11.0. The highest BCUT2D eigenvalue weighted by Crippen LogP contribution is 2.21. The maximum Gasteiger partial charge on any atom is 0.164 e. The highest BCUT2D eigenvalue weighted by Gasteiger charge is 2.26. The predicted octanol–water partition coefficient (Wildman–Crippen LogP) is 1.33. The highest BCUT2D eigenvalue weighted by atomic mass is 15.3. The summed E-state index contributed by atoms with van der Waals surface area (Å²) < 4.78 is 1.93. The Morgan fingerprint density at radius 1 is 1.38 bits per heavy atom. The van der Waals surface area contributed by atoms with Crippen LogP contribution in [0.1, 0.15) is 37.6 Å².